The van der Waals surface area contributed by atoms with Gasteiger partial charge >= 0.3 is 5.97 Å². The van der Waals surface area contributed by atoms with E-state index in [0.717, 1.165) is 31.2 Å². The van der Waals surface area contributed by atoms with Crippen molar-refractivity contribution in [1.29, 1.82) is 0 Å². The summed E-state index contributed by atoms with van der Waals surface area (Å²) in [6, 6.07) is 9.09. The lowest BCUT2D eigenvalue weighted by Gasteiger charge is -2.25. The van der Waals surface area contributed by atoms with Crippen LogP contribution in [0.4, 0.5) is 0 Å². The number of tetrazole rings is 1. The highest BCUT2D eigenvalue weighted by Crippen LogP contribution is 2.25. The van der Waals surface area contributed by atoms with Gasteiger partial charge < -0.3 is 4.74 Å². The van der Waals surface area contributed by atoms with Gasteiger partial charge in [-0.15, -0.1) is 15.0 Å². The van der Waals surface area contributed by atoms with Crippen molar-refractivity contribution >= 4 is 5.97 Å². The van der Waals surface area contributed by atoms with Gasteiger partial charge in [0.25, 0.3) is 0 Å². The van der Waals surface area contributed by atoms with Gasteiger partial charge in [-0.25, -0.2) is 4.79 Å². The molecule has 1 heterocycles. The molecule has 0 spiro atoms. The van der Waals surface area contributed by atoms with Crippen LogP contribution in [0.15, 0.2) is 30.3 Å². The van der Waals surface area contributed by atoms with Crippen molar-refractivity contribution in [3.05, 3.63) is 30.3 Å². The third-order valence-corrected chi connectivity index (χ3v) is 4.42. The number of rotatable bonds is 5. The summed E-state index contributed by atoms with van der Waals surface area (Å²) in [6.07, 6.45) is 5.43. The predicted molar refractivity (Wildman–Crippen MR) is 90.1 cm³/mol. The molecule has 128 valence electrons. The minimum absolute atomic E-state index is 0.0268. The molecular weight excluding hydrogens is 304 g/mol. The molecule has 0 aliphatic heterocycles. The average molecular weight is 328 g/mol. The molecule has 1 aromatic carbocycles. The third kappa shape index (κ3) is 3.80. The van der Waals surface area contributed by atoms with Crippen LogP contribution in [0.1, 0.15) is 52.0 Å². The molecule has 1 atom stereocenters. The summed E-state index contributed by atoms with van der Waals surface area (Å²) in [5, 5.41) is 12.6. The van der Waals surface area contributed by atoms with Crippen LogP contribution in [0, 0.1) is 5.92 Å². The van der Waals surface area contributed by atoms with Crippen LogP contribution in [0.2, 0.25) is 0 Å². The zero-order chi connectivity index (χ0) is 16.9. The molecule has 1 fully saturated rings. The summed E-state index contributed by atoms with van der Waals surface area (Å²) >= 11 is 0. The fourth-order valence-corrected chi connectivity index (χ4v) is 3.10. The molecule has 1 aromatic heterocycles. The lowest BCUT2D eigenvalue weighted by Crippen LogP contribution is -2.32. The summed E-state index contributed by atoms with van der Waals surface area (Å²) in [7, 11) is 0. The minimum Gasteiger partial charge on any atom is -0.461 e. The zero-order valence-corrected chi connectivity index (χ0v) is 14.3. The summed E-state index contributed by atoms with van der Waals surface area (Å²) in [5.41, 5.74) is 0.881. The molecule has 1 saturated carbocycles. The molecule has 6 heteroatoms. The first-order valence-electron chi connectivity index (χ1n) is 8.70. The molecule has 1 unspecified atom stereocenters. The molecule has 0 amide bonds. The monoisotopic (exact) mass is 328 g/mol. The van der Waals surface area contributed by atoms with E-state index in [1.54, 1.807) is 0 Å². The molecule has 3 rings (SSSR count). The first kappa shape index (κ1) is 16.6. The number of nitrogens with zero attached hydrogens (tertiary/aromatic N) is 4. The average Bonchev–Trinajstić information content (AvgIpc) is 3.06. The van der Waals surface area contributed by atoms with E-state index in [1.165, 1.54) is 11.2 Å². The van der Waals surface area contributed by atoms with E-state index < -0.39 is 6.04 Å². The Morgan fingerprint density at radius 2 is 1.88 bits per heavy atom. The van der Waals surface area contributed by atoms with Crippen molar-refractivity contribution in [3.8, 4) is 11.4 Å². The van der Waals surface area contributed by atoms with E-state index in [4.69, 9.17) is 4.74 Å². The van der Waals surface area contributed by atoms with Crippen molar-refractivity contribution in [3.63, 3.8) is 0 Å². The number of hydrogen-bond donors (Lipinski definition) is 0. The quantitative estimate of drug-likeness (QED) is 0.787. The molecular formula is C18H24N4O2. The van der Waals surface area contributed by atoms with Crippen LogP contribution in [-0.4, -0.2) is 32.3 Å². The van der Waals surface area contributed by atoms with Gasteiger partial charge in [0.15, 0.2) is 6.04 Å². The molecule has 1 aliphatic carbocycles. The van der Waals surface area contributed by atoms with Gasteiger partial charge in [0, 0.05) is 5.56 Å². The molecule has 0 saturated heterocycles. The van der Waals surface area contributed by atoms with E-state index in [-0.39, 0.29) is 18.0 Å². The van der Waals surface area contributed by atoms with Gasteiger partial charge in [-0.2, -0.15) is 0 Å². The largest absolute Gasteiger partial charge is 0.461 e. The van der Waals surface area contributed by atoms with Gasteiger partial charge in [-0.1, -0.05) is 50.6 Å². The Balaban J connectivity index is 1.75. The SMILES string of the molecule is CC(C)C(C(=O)OC1CCCCC1)n1nnc(-c2ccccc2)n1. The second-order valence-corrected chi connectivity index (χ2v) is 6.69. The molecule has 6 nitrogen and oxygen atoms in total. The summed E-state index contributed by atoms with van der Waals surface area (Å²) in [6.45, 7) is 3.94. The molecule has 2 aromatic rings. The lowest BCUT2D eigenvalue weighted by molar-refractivity contribution is -0.157. The van der Waals surface area contributed by atoms with Crippen molar-refractivity contribution in [2.24, 2.45) is 5.92 Å². The van der Waals surface area contributed by atoms with Crippen LogP contribution >= 0.6 is 0 Å². The summed E-state index contributed by atoms with van der Waals surface area (Å²) in [4.78, 5) is 14.0. The zero-order valence-electron chi connectivity index (χ0n) is 14.3. The number of carbonyl (C=O) groups is 1. The van der Waals surface area contributed by atoms with Crippen LogP contribution in [0.3, 0.4) is 0 Å². The Bertz CT molecular complexity index is 663. The number of aromatic nitrogens is 4. The number of carbonyl (C=O) groups excluding carboxylic acids is 1. The number of hydrogen-bond acceptors (Lipinski definition) is 5. The Hall–Kier alpha value is -2.24. The maximum absolute atomic E-state index is 12.6. The Labute approximate surface area is 142 Å². The summed E-state index contributed by atoms with van der Waals surface area (Å²) < 4.78 is 5.72. The first-order valence-corrected chi connectivity index (χ1v) is 8.70. The topological polar surface area (TPSA) is 69.9 Å². The van der Waals surface area contributed by atoms with E-state index in [9.17, 15) is 4.79 Å². The Kier molecular flexibility index (Phi) is 5.23. The van der Waals surface area contributed by atoms with Gasteiger partial charge in [-0.05, 0) is 36.8 Å². The van der Waals surface area contributed by atoms with Crippen molar-refractivity contribution in [2.75, 3.05) is 0 Å². The second-order valence-electron chi connectivity index (χ2n) is 6.69. The van der Waals surface area contributed by atoms with Crippen LogP contribution in [0.25, 0.3) is 11.4 Å². The molecule has 1 aliphatic rings. The second kappa shape index (κ2) is 7.55. The lowest BCUT2D eigenvalue weighted by atomic mass is 9.97. The fraction of sp³-hybridized carbons (Fsp3) is 0.556. The Morgan fingerprint density at radius 3 is 2.54 bits per heavy atom. The van der Waals surface area contributed by atoms with Gasteiger partial charge in [0.2, 0.25) is 5.82 Å². The maximum Gasteiger partial charge on any atom is 0.333 e. The molecule has 0 N–H and O–H groups in total. The van der Waals surface area contributed by atoms with Crippen LogP contribution < -0.4 is 0 Å². The molecule has 0 radical (unpaired) electrons. The van der Waals surface area contributed by atoms with Crippen molar-refractivity contribution in [2.45, 2.75) is 58.1 Å². The standard InChI is InChI=1S/C18H24N4O2/c1-13(2)16(18(23)24-15-11-7-4-8-12-15)22-20-17(19-21-22)14-9-5-3-6-10-14/h3,5-6,9-10,13,15-16H,4,7-8,11-12H2,1-2H3. The highest BCUT2D eigenvalue weighted by atomic mass is 16.5. The molecule has 0 bridgehead atoms. The van der Waals surface area contributed by atoms with Gasteiger partial charge in [-0.3, -0.25) is 0 Å². The van der Waals surface area contributed by atoms with Crippen LogP contribution in [0.5, 0.6) is 0 Å². The van der Waals surface area contributed by atoms with E-state index >= 15 is 0 Å². The number of esters is 1. The minimum atomic E-state index is -0.545. The third-order valence-electron chi connectivity index (χ3n) is 4.42. The number of benzene rings is 1. The van der Waals surface area contributed by atoms with E-state index in [1.807, 2.05) is 44.2 Å². The first-order chi connectivity index (χ1) is 11.6. The van der Waals surface area contributed by atoms with Crippen LogP contribution in [-0.2, 0) is 9.53 Å². The number of ether oxygens (including phenoxy) is 1. The fourth-order valence-electron chi connectivity index (χ4n) is 3.10. The van der Waals surface area contributed by atoms with Gasteiger partial charge in [0.1, 0.15) is 6.10 Å². The predicted octanol–water partition coefficient (Wildman–Crippen LogP) is 3.41. The normalized spacial score (nSPS) is 17.0. The highest BCUT2D eigenvalue weighted by molar-refractivity contribution is 5.74. The van der Waals surface area contributed by atoms with E-state index in [0.29, 0.717) is 5.82 Å². The highest BCUT2D eigenvalue weighted by Gasteiger charge is 2.31. The van der Waals surface area contributed by atoms with Crippen molar-refractivity contribution < 1.29 is 9.53 Å². The summed E-state index contributed by atoms with van der Waals surface area (Å²) in [5.74, 6) is 0.291. The maximum atomic E-state index is 12.6. The van der Waals surface area contributed by atoms with Crippen molar-refractivity contribution in [1.82, 2.24) is 20.2 Å². The van der Waals surface area contributed by atoms with Gasteiger partial charge in [0.05, 0.1) is 0 Å². The smallest absolute Gasteiger partial charge is 0.333 e. The Morgan fingerprint density at radius 1 is 1.17 bits per heavy atom. The molecule has 24 heavy (non-hydrogen) atoms. The van der Waals surface area contributed by atoms with E-state index in [2.05, 4.69) is 15.4 Å².